The maximum Gasteiger partial charge on any atom is 0.220 e. The first kappa shape index (κ1) is 11.9. The lowest BCUT2D eigenvalue weighted by molar-refractivity contribution is -0.122. The zero-order valence-electron chi connectivity index (χ0n) is 10.00. The number of rotatable bonds is 3. The molecule has 4 heteroatoms. The van der Waals surface area contributed by atoms with Gasteiger partial charge in [0, 0.05) is 32.2 Å². The van der Waals surface area contributed by atoms with Gasteiger partial charge in [0.1, 0.15) is 0 Å². The Morgan fingerprint density at radius 1 is 1.31 bits per heavy atom. The average Bonchev–Trinajstić information content (AvgIpc) is 2.32. The molecule has 2 fully saturated rings. The van der Waals surface area contributed by atoms with Gasteiger partial charge in [0.25, 0.3) is 0 Å². The fourth-order valence-corrected chi connectivity index (χ4v) is 2.72. The van der Waals surface area contributed by atoms with Crippen molar-refractivity contribution < 1.29 is 9.53 Å². The van der Waals surface area contributed by atoms with Gasteiger partial charge in [0.15, 0.2) is 0 Å². The van der Waals surface area contributed by atoms with Crippen molar-refractivity contribution in [2.24, 2.45) is 0 Å². The number of carbonyl (C=O) groups is 1. The first-order valence-electron chi connectivity index (χ1n) is 6.33. The third-order valence-corrected chi connectivity index (χ3v) is 3.70. The molecule has 0 aromatic heterocycles. The Morgan fingerprint density at radius 3 is 2.88 bits per heavy atom. The second-order valence-corrected chi connectivity index (χ2v) is 4.93. The minimum atomic E-state index is 0.191. The lowest BCUT2D eigenvalue weighted by Gasteiger charge is -2.33. The predicted octanol–water partition coefficient (Wildman–Crippen LogP) is 0.812. The van der Waals surface area contributed by atoms with Gasteiger partial charge in [0.05, 0.1) is 6.10 Å². The van der Waals surface area contributed by atoms with Gasteiger partial charge in [-0.15, -0.1) is 0 Å². The Hall–Kier alpha value is -0.610. The van der Waals surface area contributed by atoms with Crippen LogP contribution < -0.4 is 10.6 Å². The van der Waals surface area contributed by atoms with Crippen molar-refractivity contribution in [2.45, 2.75) is 56.7 Å². The highest BCUT2D eigenvalue weighted by Gasteiger charge is 2.25. The molecule has 0 spiro atoms. The van der Waals surface area contributed by atoms with Gasteiger partial charge in [-0.05, 0) is 32.1 Å². The molecule has 1 saturated heterocycles. The third kappa shape index (κ3) is 3.19. The number of hydrogen-bond donors (Lipinski definition) is 2. The molecule has 1 heterocycles. The fourth-order valence-electron chi connectivity index (χ4n) is 2.72. The molecular formula is C12H22N2O2. The summed E-state index contributed by atoms with van der Waals surface area (Å²) in [6.45, 7) is 0.785. The Morgan fingerprint density at radius 2 is 2.19 bits per heavy atom. The summed E-state index contributed by atoms with van der Waals surface area (Å²) < 4.78 is 5.42. The van der Waals surface area contributed by atoms with Crippen molar-refractivity contribution in [3.8, 4) is 0 Å². The third-order valence-electron chi connectivity index (χ3n) is 3.70. The van der Waals surface area contributed by atoms with Gasteiger partial charge < -0.3 is 15.4 Å². The maximum atomic E-state index is 11.0. The first-order chi connectivity index (χ1) is 7.78. The van der Waals surface area contributed by atoms with Gasteiger partial charge >= 0.3 is 0 Å². The van der Waals surface area contributed by atoms with Crippen LogP contribution in [-0.2, 0) is 9.53 Å². The molecule has 1 saturated carbocycles. The van der Waals surface area contributed by atoms with E-state index in [1.54, 1.807) is 7.11 Å². The summed E-state index contributed by atoms with van der Waals surface area (Å²) in [6, 6.07) is 1.03. The van der Waals surface area contributed by atoms with Crippen LogP contribution in [0.1, 0.15) is 38.5 Å². The lowest BCUT2D eigenvalue weighted by atomic mass is 9.91. The van der Waals surface area contributed by atoms with Crippen LogP contribution in [0.3, 0.4) is 0 Å². The Kier molecular flexibility index (Phi) is 4.18. The molecule has 0 bridgehead atoms. The van der Waals surface area contributed by atoms with E-state index in [0.717, 1.165) is 19.4 Å². The van der Waals surface area contributed by atoms with E-state index < -0.39 is 0 Å². The highest BCUT2D eigenvalue weighted by molar-refractivity contribution is 5.76. The topological polar surface area (TPSA) is 50.4 Å². The van der Waals surface area contributed by atoms with Crippen LogP contribution in [0.5, 0.6) is 0 Å². The van der Waals surface area contributed by atoms with Crippen molar-refractivity contribution in [2.75, 3.05) is 13.7 Å². The largest absolute Gasteiger partial charge is 0.381 e. The van der Waals surface area contributed by atoms with Crippen LogP contribution in [0.15, 0.2) is 0 Å². The van der Waals surface area contributed by atoms with Crippen molar-refractivity contribution in [3.63, 3.8) is 0 Å². The van der Waals surface area contributed by atoms with E-state index in [9.17, 15) is 4.79 Å². The summed E-state index contributed by atoms with van der Waals surface area (Å²) in [7, 11) is 1.80. The lowest BCUT2D eigenvalue weighted by Crippen LogP contribution is -2.50. The van der Waals surface area contributed by atoms with Crippen LogP contribution in [0.4, 0.5) is 0 Å². The quantitative estimate of drug-likeness (QED) is 0.749. The molecular weight excluding hydrogens is 204 g/mol. The molecule has 1 aliphatic carbocycles. The molecule has 1 aliphatic heterocycles. The second-order valence-electron chi connectivity index (χ2n) is 4.93. The minimum absolute atomic E-state index is 0.191. The van der Waals surface area contributed by atoms with Crippen LogP contribution >= 0.6 is 0 Å². The Labute approximate surface area is 97.1 Å². The number of methoxy groups -OCH3 is 1. The molecule has 0 aromatic rings. The highest BCUT2D eigenvalue weighted by Crippen LogP contribution is 2.21. The molecule has 0 aromatic carbocycles. The van der Waals surface area contributed by atoms with Crippen LogP contribution in [-0.4, -0.2) is 37.7 Å². The van der Waals surface area contributed by atoms with Crippen LogP contribution in [0, 0.1) is 0 Å². The van der Waals surface area contributed by atoms with Crippen molar-refractivity contribution in [1.82, 2.24) is 10.6 Å². The summed E-state index contributed by atoms with van der Waals surface area (Å²) >= 11 is 0. The van der Waals surface area contributed by atoms with Gasteiger partial charge in [-0.2, -0.15) is 0 Å². The summed E-state index contributed by atoms with van der Waals surface area (Å²) in [5.74, 6) is 0.191. The normalized spacial score (nSPS) is 35.8. The molecule has 2 N–H and O–H groups in total. The molecule has 0 radical (unpaired) electrons. The standard InChI is InChI=1S/C12H22N2O2/c1-16-11-4-2-3-9(7-11)14-10-5-6-12(15)13-8-10/h9-11,14H,2-8H2,1H3,(H,13,15). The number of ether oxygens (including phenoxy) is 1. The highest BCUT2D eigenvalue weighted by atomic mass is 16.5. The molecule has 92 valence electrons. The summed E-state index contributed by atoms with van der Waals surface area (Å²) in [4.78, 5) is 11.0. The molecule has 2 rings (SSSR count). The van der Waals surface area contributed by atoms with Gasteiger partial charge in [-0.3, -0.25) is 4.79 Å². The molecule has 3 unspecified atom stereocenters. The van der Waals surface area contributed by atoms with E-state index >= 15 is 0 Å². The number of hydrogen-bond acceptors (Lipinski definition) is 3. The number of amides is 1. The predicted molar refractivity (Wildman–Crippen MR) is 62.2 cm³/mol. The van der Waals surface area contributed by atoms with Crippen molar-refractivity contribution in [1.29, 1.82) is 0 Å². The molecule has 2 aliphatic rings. The van der Waals surface area contributed by atoms with Crippen molar-refractivity contribution in [3.05, 3.63) is 0 Å². The Bertz CT molecular complexity index is 235. The minimum Gasteiger partial charge on any atom is -0.381 e. The SMILES string of the molecule is COC1CCCC(NC2CCC(=O)NC2)C1. The summed E-state index contributed by atoms with van der Waals surface area (Å²) in [5, 5.41) is 6.56. The fraction of sp³-hybridized carbons (Fsp3) is 0.917. The van der Waals surface area contributed by atoms with Crippen LogP contribution in [0.2, 0.25) is 0 Å². The summed E-state index contributed by atoms with van der Waals surface area (Å²) in [5.41, 5.74) is 0. The zero-order chi connectivity index (χ0) is 11.4. The first-order valence-corrected chi connectivity index (χ1v) is 6.33. The second kappa shape index (κ2) is 5.64. The van der Waals surface area contributed by atoms with Gasteiger partial charge in [0.2, 0.25) is 5.91 Å². The molecule has 16 heavy (non-hydrogen) atoms. The zero-order valence-corrected chi connectivity index (χ0v) is 10.00. The monoisotopic (exact) mass is 226 g/mol. The molecule has 4 nitrogen and oxygen atoms in total. The number of piperidine rings is 1. The van der Waals surface area contributed by atoms with E-state index in [2.05, 4.69) is 10.6 Å². The summed E-state index contributed by atoms with van der Waals surface area (Å²) in [6.07, 6.45) is 6.85. The van der Waals surface area contributed by atoms with Crippen molar-refractivity contribution >= 4 is 5.91 Å². The molecule has 3 atom stereocenters. The van der Waals surface area contributed by atoms with Gasteiger partial charge in [-0.1, -0.05) is 0 Å². The number of carbonyl (C=O) groups excluding carboxylic acids is 1. The van der Waals surface area contributed by atoms with E-state index in [-0.39, 0.29) is 5.91 Å². The van der Waals surface area contributed by atoms with Gasteiger partial charge in [-0.25, -0.2) is 0 Å². The van der Waals surface area contributed by atoms with E-state index in [1.165, 1.54) is 19.3 Å². The maximum absolute atomic E-state index is 11.0. The van der Waals surface area contributed by atoms with Crippen LogP contribution in [0.25, 0.3) is 0 Å². The number of nitrogens with one attached hydrogen (secondary N) is 2. The van der Waals surface area contributed by atoms with E-state index in [1.807, 2.05) is 0 Å². The molecule has 1 amide bonds. The smallest absolute Gasteiger partial charge is 0.220 e. The Balaban J connectivity index is 1.74. The average molecular weight is 226 g/mol. The van der Waals surface area contributed by atoms with E-state index in [0.29, 0.717) is 24.6 Å². The van der Waals surface area contributed by atoms with E-state index in [4.69, 9.17) is 4.74 Å².